The summed E-state index contributed by atoms with van der Waals surface area (Å²) in [6, 6.07) is 5.09. The van der Waals surface area contributed by atoms with Crippen molar-refractivity contribution in [1.29, 1.82) is 0 Å². The average Bonchev–Trinajstić information content (AvgIpc) is 3.05. The smallest absolute Gasteiger partial charge is 0.348 e. The third-order valence-electron chi connectivity index (χ3n) is 4.06. The normalized spacial score (nSPS) is 19.6. The molecule has 2 aliphatic rings. The number of hydrogen-bond donors (Lipinski definition) is 1. The van der Waals surface area contributed by atoms with Gasteiger partial charge in [-0.05, 0) is 50.0 Å². The summed E-state index contributed by atoms with van der Waals surface area (Å²) in [5, 5.41) is 4.03. The third kappa shape index (κ3) is 4.27. The SMILES string of the molecule is CC(C)(C)NC(=O)C[N+]1=C2C=CSC2C(=O)N(Cc2ccc(F)cc2)C1=O. The molecule has 6 nitrogen and oxygen atoms in total. The number of halogens is 1. The molecule has 4 amide bonds. The fourth-order valence-corrected chi connectivity index (χ4v) is 3.90. The molecule has 0 radical (unpaired) electrons. The van der Waals surface area contributed by atoms with Crippen LogP contribution in [-0.2, 0) is 16.1 Å². The molecule has 1 atom stereocenters. The van der Waals surface area contributed by atoms with Gasteiger partial charge in [-0.15, -0.1) is 11.8 Å². The highest BCUT2D eigenvalue weighted by molar-refractivity contribution is 8.04. The highest BCUT2D eigenvalue weighted by Crippen LogP contribution is 2.28. The summed E-state index contributed by atoms with van der Waals surface area (Å²) in [6.45, 7) is 5.43. The summed E-state index contributed by atoms with van der Waals surface area (Å²) in [5.74, 6) is -1.02. The van der Waals surface area contributed by atoms with Gasteiger partial charge in [-0.2, -0.15) is 14.3 Å². The van der Waals surface area contributed by atoms with Gasteiger partial charge in [0, 0.05) is 5.54 Å². The van der Waals surface area contributed by atoms with Crippen LogP contribution in [0.15, 0.2) is 35.7 Å². The molecule has 0 fully saturated rings. The number of imide groups is 1. The first kappa shape index (κ1) is 19.3. The Bertz CT molecular complexity index is 856. The number of carbonyl (C=O) groups excluding carboxylic acids is 3. The zero-order valence-electron chi connectivity index (χ0n) is 15.4. The van der Waals surface area contributed by atoms with Crippen LogP contribution in [0.3, 0.4) is 0 Å². The Balaban J connectivity index is 1.87. The summed E-state index contributed by atoms with van der Waals surface area (Å²) in [7, 11) is 0. The first-order valence-electron chi connectivity index (χ1n) is 8.53. The highest BCUT2D eigenvalue weighted by Gasteiger charge is 2.49. The average molecular weight is 390 g/mol. The zero-order valence-corrected chi connectivity index (χ0v) is 16.2. The van der Waals surface area contributed by atoms with E-state index in [0.717, 1.165) is 4.90 Å². The first-order valence-corrected chi connectivity index (χ1v) is 9.47. The van der Waals surface area contributed by atoms with Crippen molar-refractivity contribution < 1.29 is 23.3 Å². The van der Waals surface area contributed by atoms with Crippen LogP contribution in [0.2, 0.25) is 0 Å². The molecule has 0 aliphatic carbocycles. The molecule has 0 spiro atoms. The highest BCUT2D eigenvalue weighted by atomic mass is 32.2. The second-order valence-corrected chi connectivity index (χ2v) is 8.48. The molecule has 2 heterocycles. The number of hydrogen-bond acceptors (Lipinski definition) is 4. The molecule has 2 aliphatic heterocycles. The van der Waals surface area contributed by atoms with E-state index in [-0.39, 0.29) is 30.7 Å². The molecule has 27 heavy (non-hydrogen) atoms. The number of allylic oxidation sites excluding steroid dienone is 1. The van der Waals surface area contributed by atoms with E-state index in [0.29, 0.717) is 11.3 Å². The van der Waals surface area contributed by atoms with Gasteiger partial charge < -0.3 is 5.32 Å². The van der Waals surface area contributed by atoms with Gasteiger partial charge in [-0.3, -0.25) is 4.79 Å². The van der Waals surface area contributed by atoms with Crippen molar-refractivity contribution in [3.63, 3.8) is 0 Å². The predicted molar refractivity (Wildman–Crippen MR) is 101 cm³/mol. The lowest BCUT2D eigenvalue weighted by molar-refractivity contribution is -0.427. The molecule has 0 bridgehead atoms. The fourth-order valence-electron chi connectivity index (χ4n) is 2.93. The van der Waals surface area contributed by atoms with Crippen LogP contribution in [0.25, 0.3) is 0 Å². The molecule has 1 unspecified atom stereocenters. The third-order valence-corrected chi connectivity index (χ3v) is 5.06. The van der Waals surface area contributed by atoms with Gasteiger partial charge in [-0.25, -0.2) is 9.18 Å². The van der Waals surface area contributed by atoms with Gasteiger partial charge in [-0.1, -0.05) is 12.1 Å². The minimum Gasteiger partial charge on any atom is -0.348 e. The molecule has 8 heteroatoms. The largest absolute Gasteiger partial charge is 0.501 e. The Kier molecular flexibility index (Phi) is 5.19. The maximum atomic E-state index is 13.1. The van der Waals surface area contributed by atoms with E-state index in [9.17, 15) is 18.8 Å². The lowest BCUT2D eigenvalue weighted by atomic mass is 10.1. The molecule has 3 rings (SSSR count). The molecule has 142 valence electrons. The maximum absolute atomic E-state index is 13.1. The van der Waals surface area contributed by atoms with E-state index < -0.39 is 16.8 Å². The van der Waals surface area contributed by atoms with E-state index in [1.54, 1.807) is 11.5 Å². The predicted octanol–water partition coefficient (Wildman–Crippen LogP) is 2.29. The molecule has 0 saturated heterocycles. The Morgan fingerprint density at radius 2 is 1.93 bits per heavy atom. The first-order chi connectivity index (χ1) is 12.7. The lowest BCUT2D eigenvalue weighted by Gasteiger charge is -2.25. The van der Waals surface area contributed by atoms with Crippen molar-refractivity contribution >= 4 is 35.3 Å². The summed E-state index contributed by atoms with van der Waals surface area (Å²) in [4.78, 5) is 39.2. The van der Waals surface area contributed by atoms with Crippen LogP contribution in [0.1, 0.15) is 26.3 Å². The molecule has 1 aromatic carbocycles. The maximum Gasteiger partial charge on any atom is 0.501 e. The van der Waals surface area contributed by atoms with Crippen molar-refractivity contribution in [3.8, 4) is 0 Å². The number of urea groups is 1. The summed E-state index contributed by atoms with van der Waals surface area (Å²) in [5.41, 5.74) is 0.732. The number of amides is 4. The van der Waals surface area contributed by atoms with E-state index in [4.69, 9.17) is 0 Å². The Morgan fingerprint density at radius 3 is 2.56 bits per heavy atom. The van der Waals surface area contributed by atoms with Gasteiger partial charge in [0.1, 0.15) is 18.1 Å². The fraction of sp³-hybridized carbons (Fsp3) is 0.368. The Hall–Kier alpha value is -2.48. The standard InChI is InChI=1S/C19H20FN3O3S/c1-19(2,3)21-15(24)11-22-14-8-9-27-16(14)17(25)23(18(22)26)10-12-4-6-13(20)7-5-12/h4-9,16H,10-11H2,1-3H3/p+1. The van der Waals surface area contributed by atoms with Crippen LogP contribution in [-0.4, -0.2) is 50.4 Å². The topological polar surface area (TPSA) is 69.5 Å². The van der Waals surface area contributed by atoms with Crippen LogP contribution in [0, 0.1) is 5.82 Å². The summed E-state index contributed by atoms with van der Waals surface area (Å²) in [6.07, 6.45) is 1.70. The summed E-state index contributed by atoms with van der Waals surface area (Å²) < 4.78 is 14.5. The van der Waals surface area contributed by atoms with Crippen molar-refractivity contribution in [1.82, 2.24) is 10.2 Å². The van der Waals surface area contributed by atoms with Crippen molar-refractivity contribution in [3.05, 3.63) is 47.1 Å². The van der Waals surface area contributed by atoms with Gasteiger partial charge in [0.05, 0.1) is 0 Å². The second kappa shape index (κ2) is 7.26. The van der Waals surface area contributed by atoms with Crippen molar-refractivity contribution in [2.24, 2.45) is 0 Å². The number of nitrogens with zero attached hydrogens (tertiary/aromatic N) is 2. The Labute approximate surface area is 161 Å². The number of benzene rings is 1. The molecular weight excluding hydrogens is 369 g/mol. The van der Waals surface area contributed by atoms with Crippen LogP contribution >= 0.6 is 11.8 Å². The van der Waals surface area contributed by atoms with E-state index in [1.807, 2.05) is 20.8 Å². The number of rotatable bonds is 4. The molecule has 0 saturated carbocycles. The van der Waals surface area contributed by atoms with Crippen LogP contribution < -0.4 is 5.32 Å². The molecular formula is C19H21FN3O3S+. The Morgan fingerprint density at radius 1 is 1.26 bits per heavy atom. The number of thioether (sulfide) groups is 1. The zero-order chi connectivity index (χ0) is 19.8. The summed E-state index contributed by atoms with van der Waals surface area (Å²) >= 11 is 1.30. The number of fused-ring (bicyclic) bond motifs is 1. The van der Waals surface area contributed by atoms with Gasteiger partial charge in [0.25, 0.3) is 5.91 Å². The minimum atomic E-state index is -0.550. The molecule has 1 aromatic rings. The van der Waals surface area contributed by atoms with Gasteiger partial charge in [0.2, 0.25) is 0 Å². The van der Waals surface area contributed by atoms with Crippen molar-refractivity contribution in [2.75, 3.05) is 6.54 Å². The monoisotopic (exact) mass is 390 g/mol. The van der Waals surface area contributed by atoms with E-state index in [2.05, 4.69) is 5.32 Å². The second-order valence-electron chi connectivity index (χ2n) is 7.46. The quantitative estimate of drug-likeness (QED) is 0.801. The minimum absolute atomic E-state index is 0.0275. The van der Waals surface area contributed by atoms with Crippen LogP contribution in [0.5, 0.6) is 0 Å². The molecule has 1 N–H and O–H groups in total. The van der Waals surface area contributed by atoms with Gasteiger partial charge >= 0.3 is 11.9 Å². The van der Waals surface area contributed by atoms with Gasteiger partial charge in [0.15, 0.2) is 11.8 Å². The lowest BCUT2D eigenvalue weighted by Crippen LogP contribution is -2.57. The number of carbonyl (C=O) groups is 3. The molecule has 0 aromatic heterocycles. The van der Waals surface area contributed by atoms with E-state index >= 15 is 0 Å². The number of nitrogens with one attached hydrogen (secondary N) is 1. The van der Waals surface area contributed by atoms with E-state index in [1.165, 1.54) is 40.6 Å². The van der Waals surface area contributed by atoms with Crippen molar-refractivity contribution in [2.45, 2.75) is 38.1 Å². The van der Waals surface area contributed by atoms with Crippen LogP contribution in [0.4, 0.5) is 9.18 Å².